The van der Waals surface area contributed by atoms with Crippen molar-refractivity contribution in [2.75, 3.05) is 0 Å². The molecule has 0 aliphatic carbocycles. The Hall–Kier alpha value is -1.29. The monoisotopic (exact) mass is 390 g/mol. The first-order valence-electron chi connectivity index (χ1n) is 5.79. The zero-order valence-electron chi connectivity index (χ0n) is 10.9. The van der Waals surface area contributed by atoms with Gasteiger partial charge in [0.1, 0.15) is 4.21 Å². The molecule has 112 valence electrons. The molecule has 9 heteroatoms. The molecule has 6 nitrogen and oxygen atoms in total. The minimum atomic E-state index is -3.69. The number of aryl methyl sites for hydroxylation is 1. The first-order chi connectivity index (χ1) is 9.81. The van der Waals surface area contributed by atoms with E-state index >= 15 is 0 Å². The number of thiophene rings is 1. The second kappa shape index (κ2) is 6.22. The Balaban J connectivity index is 2.21. The topological polar surface area (TPSA) is 89.3 Å². The molecular weight excluding hydrogens is 380 g/mol. The van der Waals surface area contributed by atoms with Crippen molar-refractivity contribution in [2.24, 2.45) is 0 Å². The lowest BCUT2D eigenvalue weighted by molar-refractivity contribution is -0.385. The number of rotatable bonds is 5. The van der Waals surface area contributed by atoms with Gasteiger partial charge in [-0.2, -0.15) is 0 Å². The second-order valence-corrected chi connectivity index (χ2v) is 8.60. The van der Waals surface area contributed by atoms with Gasteiger partial charge in [0.15, 0.2) is 0 Å². The summed E-state index contributed by atoms with van der Waals surface area (Å²) in [6.45, 7) is 1.66. The molecule has 0 aliphatic rings. The van der Waals surface area contributed by atoms with Crippen molar-refractivity contribution >= 4 is 43.0 Å². The van der Waals surface area contributed by atoms with Crippen LogP contribution in [0.25, 0.3) is 0 Å². The van der Waals surface area contributed by atoms with Crippen LogP contribution >= 0.6 is 27.3 Å². The molecule has 21 heavy (non-hydrogen) atoms. The summed E-state index contributed by atoms with van der Waals surface area (Å²) in [4.78, 5) is 10.4. The Morgan fingerprint density at radius 2 is 2.05 bits per heavy atom. The summed E-state index contributed by atoms with van der Waals surface area (Å²) in [5.74, 6) is 0. The number of nitrogens with one attached hydrogen (secondary N) is 1. The van der Waals surface area contributed by atoms with Crippen molar-refractivity contribution in [3.63, 3.8) is 0 Å². The number of nitro groups is 1. The fraction of sp³-hybridized carbons (Fsp3) is 0.167. The number of benzene rings is 1. The molecule has 0 bridgehead atoms. The fourth-order valence-corrected chi connectivity index (χ4v) is 4.92. The van der Waals surface area contributed by atoms with Gasteiger partial charge in [0.25, 0.3) is 5.69 Å². The lowest BCUT2D eigenvalue weighted by Gasteiger charge is -2.05. The smallest absolute Gasteiger partial charge is 0.258 e. The number of hydrogen-bond donors (Lipinski definition) is 1. The first kappa shape index (κ1) is 16.1. The van der Waals surface area contributed by atoms with Gasteiger partial charge in [-0.25, -0.2) is 13.1 Å². The molecule has 2 aromatic rings. The van der Waals surface area contributed by atoms with Crippen LogP contribution in [0.5, 0.6) is 0 Å². The van der Waals surface area contributed by atoms with E-state index in [4.69, 9.17) is 0 Å². The second-order valence-electron chi connectivity index (χ2n) is 4.23. The van der Waals surface area contributed by atoms with E-state index in [1.54, 1.807) is 19.1 Å². The Morgan fingerprint density at radius 1 is 1.38 bits per heavy atom. The number of sulfonamides is 1. The Bertz CT molecular complexity index is 767. The number of nitrogens with zero attached hydrogens (tertiary/aromatic N) is 1. The average molecular weight is 391 g/mol. The molecule has 1 aromatic carbocycles. The number of halogens is 1. The molecule has 1 heterocycles. The molecular formula is C12H11BrN2O4S2. The predicted molar refractivity (Wildman–Crippen MR) is 83.9 cm³/mol. The number of para-hydroxylation sites is 1. The van der Waals surface area contributed by atoms with Gasteiger partial charge in [0, 0.05) is 18.2 Å². The Kier molecular flexibility index (Phi) is 4.77. The molecule has 0 atom stereocenters. The highest BCUT2D eigenvalue weighted by atomic mass is 79.9. The minimum Gasteiger partial charge on any atom is -0.258 e. The summed E-state index contributed by atoms with van der Waals surface area (Å²) in [5.41, 5.74) is 1.04. The maximum absolute atomic E-state index is 12.2. The molecule has 1 aromatic heterocycles. The van der Waals surface area contributed by atoms with E-state index in [-0.39, 0.29) is 16.4 Å². The van der Waals surface area contributed by atoms with E-state index in [0.717, 1.165) is 20.7 Å². The van der Waals surface area contributed by atoms with Crippen LogP contribution in [-0.4, -0.2) is 13.3 Å². The van der Waals surface area contributed by atoms with Crippen LogP contribution in [0.4, 0.5) is 5.69 Å². The highest BCUT2D eigenvalue weighted by Gasteiger charge is 2.20. The van der Waals surface area contributed by atoms with Crippen LogP contribution in [0.1, 0.15) is 11.1 Å². The molecule has 0 saturated carbocycles. The quantitative estimate of drug-likeness (QED) is 0.626. The van der Waals surface area contributed by atoms with Gasteiger partial charge < -0.3 is 0 Å². The van der Waals surface area contributed by atoms with E-state index < -0.39 is 14.9 Å². The first-order valence-corrected chi connectivity index (χ1v) is 8.88. The predicted octanol–water partition coefficient (Wildman–Crippen LogP) is 3.21. The van der Waals surface area contributed by atoms with E-state index in [1.807, 2.05) is 0 Å². The molecule has 0 unspecified atom stereocenters. The minimum absolute atomic E-state index is 0.108. The van der Waals surface area contributed by atoms with Crippen molar-refractivity contribution in [1.82, 2.24) is 4.72 Å². The summed E-state index contributed by atoms with van der Waals surface area (Å²) in [6, 6.07) is 7.58. The third-order valence-electron chi connectivity index (χ3n) is 2.74. The molecule has 0 fully saturated rings. The third-order valence-corrected chi connectivity index (χ3v) is 6.75. The average Bonchev–Trinajstić information content (AvgIpc) is 2.77. The van der Waals surface area contributed by atoms with Gasteiger partial charge in [-0.1, -0.05) is 18.2 Å². The third kappa shape index (κ3) is 3.67. The molecule has 0 saturated heterocycles. The number of nitro benzene ring substituents is 1. The largest absolute Gasteiger partial charge is 0.273 e. The Morgan fingerprint density at radius 3 is 2.62 bits per heavy atom. The normalized spacial score (nSPS) is 11.5. The lowest BCUT2D eigenvalue weighted by atomic mass is 10.2. The van der Waals surface area contributed by atoms with Gasteiger partial charge in [-0.15, -0.1) is 11.3 Å². The van der Waals surface area contributed by atoms with Crippen molar-refractivity contribution in [1.29, 1.82) is 0 Å². The van der Waals surface area contributed by atoms with Crippen molar-refractivity contribution in [3.8, 4) is 0 Å². The summed E-state index contributed by atoms with van der Waals surface area (Å²) in [6.07, 6.45) is 0. The molecule has 1 N–H and O–H groups in total. The zero-order valence-corrected chi connectivity index (χ0v) is 14.1. The number of hydrogen-bond acceptors (Lipinski definition) is 5. The zero-order chi connectivity index (χ0) is 15.6. The van der Waals surface area contributed by atoms with Gasteiger partial charge in [0.05, 0.1) is 8.71 Å². The SMILES string of the molecule is Cc1cc(S(=O)(=O)NCc2ccccc2[N+](=O)[O-])sc1Br. The Labute approximate surface area is 134 Å². The summed E-state index contributed by atoms with van der Waals surface area (Å²) in [5, 5.41) is 10.9. The highest BCUT2D eigenvalue weighted by molar-refractivity contribution is 9.11. The fourth-order valence-electron chi connectivity index (χ4n) is 1.65. The van der Waals surface area contributed by atoms with Crippen molar-refractivity contribution in [3.05, 3.63) is 55.4 Å². The van der Waals surface area contributed by atoms with Crippen molar-refractivity contribution in [2.45, 2.75) is 17.7 Å². The summed E-state index contributed by atoms with van der Waals surface area (Å²) < 4.78 is 27.6. The van der Waals surface area contributed by atoms with E-state index in [9.17, 15) is 18.5 Å². The van der Waals surface area contributed by atoms with Crippen LogP contribution < -0.4 is 4.72 Å². The summed E-state index contributed by atoms with van der Waals surface area (Å²) in [7, 11) is -3.69. The van der Waals surface area contributed by atoms with E-state index in [2.05, 4.69) is 20.7 Å². The van der Waals surface area contributed by atoms with Crippen LogP contribution in [0, 0.1) is 17.0 Å². The van der Waals surface area contributed by atoms with Crippen LogP contribution in [-0.2, 0) is 16.6 Å². The molecule has 0 aliphatic heterocycles. The van der Waals surface area contributed by atoms with Gasteiger partial charge >= 0.3 is 0 Å². The van der Waals surface area contributed by atoms with Gasteiger partial charge in [0.2, 0.25) is 10.0 Å². The van der Waals surface area contributed by atoms with E-state index in [1.165, 1.54) is 18.2 Å². The molecule has 0 spiro atoms. The highest BCUT2D eigenvalue weighted by Crippen LogP contribution is 2.30. The maximum Gasteiger partial charge on any atom is 0.273 e. The van der Waals surface area contributed by atoms with Gasteiger partial charge in [-0.3, -0.25) is 10.1 Å². The summed E-state index contributed by atoms with van der Waals surface area (Å²) >= 11 is 4.37. The van der Waals surface area contributed by atoms with E-state index in [0.29, 0.717) is 5.56 Å². The molecule has 0 amide bonds. The molecule has 0 radical (unpaired) electrons. The van der Waals surface area contributed by atoms with Crippen LogP contribution in [0.2, 0.25) is 0 Å². The van der Waals surface area contributed by atoms with Crippen molar-refractivity contribution < 1.29 is 13.3 Å². The lowest BCUT2D eigenvalue weighted by Crippen LogP contribution is -2.22. The standard InChI is InChI=1S/C12H11BrN2O4S2/c1-8-6-11(20-12(8)13)21(18,19)14-7-9-4-2-3-5-10(9)15(16)17/h2-6,14H,7H2,1H3. The van der Waals surface area contributed by atoms with Crippen LogP contribution in [0.3, 0.4) is 0 Å². The van der Waals surface area contributed by atoms with Gasteiger partial charge in [-0.05, 0) is 34.5 Å². The van der Waals surface area contributed by atoms with Crippen LogP contribution in [0.15, 0.2) is 38.3 Å². The molecule has 2 rings (SSSR count). The maximum atomic E-state index is 12.2.